The number of halogens is 1. The van der Waals surface area contributed by atoms with Crippen LogP contribution >= 0.6 is 11.6 Å². The van der Waals surface area contributed by atoms with E-state index in [2.05, 4.69) is 13.8 Å². The predicted octanol–water partition coefficient (Wildman–Crippen LogP) is 3.55. The summed E-state index contributed by atoms with van der Waals surface area (Å²) in [6, 6.07) is 4.66. The van der Waals surface area contributed by atoms with E-state index in [4.69, 9.17) is 11.6 Å². The number of phenolic OH excluding ortho intramolecular Hbond substituents is 1. The number of hydrogen-bond acceptors (Lipinski definition) is 2. The van der Waals surface area contributed by atoms with Gasteiger partial charge in [-0.1, -0.05) is 25.4 Å². The molecule has 100 valence electrons. The molecule has 1 N–H and O–H groups in total. The van der Waals surface area contributed by atoms with Gasteiger partial charge >= 0.3 is 0 Å². The van der Waals surface area contributed by atoms with E-state index in [1.807, 2.05) is 13.8 Å². The fourth-order valence-electron chi connectivity index (χ4n) is 1.76. The van der Waals surface area contributed by atoms with Crippen LogP contribution in [-0.4, -0.2) is 28.5 Å². The van der Waals surface area contributed by atoms with Crippen LogP contribution in [0.3, 0.4) is 0 Å². The van der Waals surface area contributed by atoms with Gasteiger partial charge in [-0.05, 0) is 38.0 Å². The Balaban J connectivity index is 3.02. The summed E-state index contributed by atoms with van der Waals surface area (Å²) in [4.78, 5) is 14.1. The Morgan fingerprint density at radius 2 is 1.94 bits per heavy atom. The van der Waals surface area contributed by atoms with Gasteiger partial charge in [-0.15, -0.1) is 0 Å². The highest BCUT2D eigenvalue weighted by Crippen LogP contribution is 2.24. The molecule has 1 aromatic carbocycles. The zero-order valence-corrected chi connectivity index (χ0v) is 12.0. The lowest BCUT2D eigenvalue weighted by molar-refractivity contribution is 0.0679. The van der Waals surface area contributed by atoms with Gasteiger partial charge in [-0.25, -0.2) is 0 Å². The molecule has 0 saturated heterocycles. The fraction of sp³-hybridized carbons (Fsp3) is 0.500. The highest BCUT2D eigenvalue weighted by atomic mass is 35.5. The van der Waals surface area contributed by atoms with Gasteiger partial charge in [-0.3, -0.25) is 4.79 Å². The quantitative estimate of drug-likeness (QED) is 0.908. The maximum atomic E-state index is 12.4. The molecule has 0 fully saturated rings. The number of phenols is 1. The minimum absolute atomic E-state index is 0.0677. The third-order valence-corrected chi connectivity index (χ3v) is 2.87. The molecule has 1 rings (SSSR count). The van der Waals surface area contributed by atoms with Gasteiger partial charge in [0, 0.05) is 17.6 Å². The molecule has 0 radical (unpaired) electrons. The average molecular weight is 270 g/mol. The summed E-state index contributed by atoms with van der Waals surface area (Å²) in [6.45, 7) is 8.72. The lowest BCUT2D eigenvalue weighted by Crippen LogP contribution is -2.39. The van der Waals surface area contributed by atoms with Crippen LogP contribution < -0.4 is 0 Å². The van der Waals surface area contributed by atoms with Crippen LogP contribution in [0.15, 0.2) is 18.2 Å². The summed E-state index contributed by atoms with van der Waals surface area (Å²) < 4.78 is 0. The standard InChI is InChI=1S/C14H20ClNO2/c1-9(2)8-16(10(3)4)14(18)12-6-5-11(15)7-13(12)17/h5-7,9-10,17H,8H2,1-4H3. The van der Waals surface area contributed by atoms with Crippen molar-refractivity contribution in [2.45, 2.75) is 33.7 Å². The first-order valence-electron chi connectivity index (χ1n) is 6.12. The smallest absolute Gasteiger partial charge is 0.257 e. The van der Waals surface area contributed by atoms with Crippen LogP contribution in [-0.2, 0) is 0 Å². The third kappa shape index (κ3) is 3.64. The van der Waals surface area contributed by atoms with E-state index in [0.29, 0.717) is 23.0 Å². The third-order valence-electron chi connectivity index (χ3n) is 2.64. The topological polar surface area (TPSA) is 40.5 Å². The second-order valence-electron chi connectivity index (χ2n) is 5.11. The molecule has 4 heteroatoms. The maximum absolute atomic E-state index is 12.4. The SMILES string of the molecule is CC(C)CN(C(=O)c1ccc(Cl)cc1O)C(C)C. The number of aromatic hydroxyl groups is 1. The Morgan fingerprint density at radius 1 is 1.33 bits per heavy atom. The molecule has 0 spiro atoms. The zero-order chi connectivity index (χ0) is 13.9. The van der Waals surface area contributed by atoms with E-state index in [-0.39, 0.29) is 17.7 Å². The van der Waals surface area contributed by atoms with Crippen molar-refractivity contribution in [3.63, 3.8) is 0 Å². The molecule has 0 unspecified atom stereocenters. The highest BCUT2D eigenvalue weighted by molar-refractivity contribution is 6.30. The van der Waals surface area contributed by atoms with Gasteiger partial charge in [-0.2, -0.15) is 0 Å². The molecular formula is C14H20ClNO2. The van der Waals surface area contributed by atoms with Crippen LogP contribution in [0.25, 0.3) is 0 Å². The summed E-state index contributed by atoms with van der Waals surface area (Å²) >= 11 is 5.76. The van der Waals surface area contributed by atoms with Crippen molar-refractivity contribution in [2.24, 2.45) is 5.92 Å². The van der Waals surface area contributed by atoms with Crippen LogP contribution in [0.2, 0.25) is 5.02 Å². The average Bonchev–Trinajstić information content (AvgIpc) is 2.24. The molecule has 3 nitrogen and oxygen atoms in total. The van der Waals surface area contributed by atoms with Gasteiger partial charge in [0.1, 0.15) is 5.75 Å². The molecule has 0 bridgehead atoms. The molecule has 1 amide bonds. The Hall–Kier alpha value is -1.22. The van der Waals surface area contributed by atoms with Crippen molar-refractivity contribution in [1.82, 2.24) is 4.90 Å². The van der Waals surface area contributed by atoms with Crippen LogP contribution in [0, 0.1) is 5.92 Å². The largest absolute Gasteiger partial charge is 0.507 e. The lowest BCUT2D eigenvalue weighted by atomic mass is 10.1. The number of amides is 1. The van der Waals surface area contributed by atoms with Crippen molar-refractivity contribution in [3.8, 4) is 5.75 Å². The highest BCUT2D eigenvalue weighted by Gasteiger charge is 2.22. The number of hydrogen-bond donors (Lipinski definition) is 1. The van der Waals surface area contributed by atoms with Gasteiger partial charge < -0.3 is 10.0 Å². The van der Waals surface area contributed by atoms with Gasteiger partial charge in [0.25, 0.3) is 5.91 Å². The van der Waals surface area contributed by atoms with E-state index in [1.54, 1.807) is 17.0 Å². The monoisotopic (exact) mass is 269 g/mol. The Kier molecular flexibility index (Phi) is 5.03. The van der Waals surface area contributed by atoms with Crippen LogP contribution in [0.1, 0.15) is 38.1 Å². The fourth-order valence-corrected chi connectivity index (χ4v) is 1.93. The summed E-state index contributed by atoms with van der Waals surface area (Å²) in [6.07, 6.45) is 0. The first-order chi connectivity index (χ1) is 8.32. The predicted molar refractivity (Wildman–Crippen MR) is 74.1 cm³/mol. The Morgan fingerprint density at radius 3 is 2.39 bits per heavy atom. The minimum Gasteiger partial charge on any atom is -0.507 e. The first kappa shape index (κ1) is 14.8. The van der Waals surface area contributed by atoms with E-state index in [0.717, 1.165) is 0 Å². The maximum Gasteiger partial charge on any atom is 0.257 e. The van der Waals surface area contributed by atoms with Gasteiger partial charge in [0.2, 0.25) is 0 Å². The number of carbonyl (C=O) groups is 1. The normalized spacial score (nSPS) is 11.1. The van der Waals surface area contributed by atoms with E-state index >= 15 is 0 Å². The van der Waals surface area contributed by atoms with E-state index in [9.17, 15) is 9.90 Å². The molecule has 0 saturated carbocycles. The van der Waals surface area contributed by atoms with Crippen molar-refractivity contribution < 1.29 is 9.90 Å². The molecular weight excluding hydrogens is 250 g/mol. The molecule has 18 heavy (non-hydrogen) atoms. The summed E-state index contributed by atoms with van der Waals surface area (Å²) in [7, 11) is 0. The Bertz CT molecular complexity index is 430. The minimum atomic E-state index is -0.159. The molecule has 0 aromatic heterocycles. The molecule has 0 aliphatic rings. The second kappa shape index (κ2) is 6.10. The number of rotatable bonds is 4. The molecule has 0 aliphatic heterocycles. The van der Waals surface area contributed by atoms with Crippen molar-refractivity contribution in [3.05, 3.63) is 28.8 Å². The zero-order valence-electron chi connectivity index (χ0n) is 11.3. The van der Waals surface area contributed by atoms with Crippen molar-refractivity contribution in [2.75, 3.05) is 6.54 Å². The van der Waals surface area contributed by atoms with Crippen molar-refractivity contribution >= 4 is 17.5 Å². The summed E-state index contributed by atoms with van der Waals surface area (Å²) in [5.41, 5.74) is 0.300. The van der Waals surface area contributed by atoms with Crippen LogP contribution in [0.4, 0.5) is 0 Å². The first-order valence-corrected chi connectivity index (χ1v) is 6.50. The van der Waals surface area contributed by atoms with Crippen molar-refractivity contribution in [1.29, 1.82) is 0 Å². The van der Waals surface area contributed by atoms with E-state index < -0.39 is 0 Å². The summed E-state index contributed by atoms with van der Waals surface area (Å²) in [5.74, 6) is 0.153. The second-order valence-corrected chi connectivity index (χ2v) is 5.54. The van der Waals surface area contributed by atoms with Gasteiger partial charge in [0.05, 0.1) is 5.56 Å². The van der Waals surface area contributed by atoms with E-state index in [1.165, 1.54) is 6.07 Å². The molecule has 0 aliphatic carbocycles. The molecule has 1 aromatic rings. The number of nitrogens with zero attached hydrogens (tertiary/aromatic N) is 1. The Labute approximate surface area is 113 Å². The molecule has 0 heterocycles. The number of benzene rings is 1. The number of carbonyl (C=O) groups excluding carboxylic acids is 1. The van der Waals surface area contributed by atoms with Crippen LogP contribution in [0.5, 0.6) is 5.75 Å². The van der Waals surface area contributed by atoms with Gasteiger partial charge in [0.15, 0.2) is 0 Å². The molecule has 0 atom stereocenters. The lowest BCUT2D eigenvalue weighted by Gasteiger charge is -2.28. The summed E-state index contributed by atoms with van der Waals surface area (Å²) in [5, 5.41) is 10.2.